The molecule has 0 saturated carbocycles. The van der Waals surface area contributed by atoms with E-state index < -0.39 is 0 Å². The number of nitrogens with zero attached hydrogens (tertiary/aromatic N) is 1. The largest absolute Gasteiger partial charge is 0.350 e. The number of rotatable bonds is 4. The molecule has 1 aliphatic rings. The average Bonchev–Trinajstić information content (AvgIpc) is 2.75. The molecule has 0 spiro atoms. The Hall–Kier alpha value is -0.520. The molecule has 0 fully saturated rings. The minimum absolute atomic E-state index is 0.0752. The van der Waals surface area contributed by atoms with Crippen LogP contribution in [-0.4, -0.2) is 38.0 Å². The van der Waals surface area contributed by atoms with Crippen LogP contribution in [-0.2, 0) is 11.5 Å². The number of amides is 1. The van der Waals surface area contributed by atoms with Crippen LogP contribution >= 0.6 is 23.1 Å². The van der Waals surface area contributed by atoms with Crippen LogP contribution in [0.25, 0.3) is 0 Å². The van der Waals surface area contributed by atoms with Gasteiger partial charge in [0.2, 0.25) is 0 Å². The minimum Gasteiger partial charge on any atom is -0.350 e. The maximum absolute atomic E-state index is 11.8. The van der Waals surface area contributed by atoms with Crippen molar-refractivity contribution in [2.75, 3.05) is 27.2 Å². The zero-order chi connectivity index (χ0) is 11.5. The van der Waals surface area contributed by atoms with Gasteiger partial charge in [0.15, 0.2) is 0 Å². The molecule has 0 unspecified atom stereocenters. The standard InChI is InChI=1S/C11H16N2OS2/c1-13(2)4-3-12-11(14)9-5-8-6-15-7-10(8)16-9/h5H,3-4,6-7H2,1-2H3,(H,12,14). The molecular formula is C11H16N2OS2. The van der Waals surface area contributed by atoms with Crippen LogP contribution in [0.5, 0.6) is 0 Å². The third-order valence-corrected chi connectivity index (χ3v) is 4.82. The van der Waals surface area contributed by atoms with E-state index in [1.807, 2.05) is 31.9 Å². The van der Waals surface area contributed by atoms with Crippen molar-refractivity contribution in [3.05, 3.63) is 21.4 Å². The predicted octanol–water partition coefficient (Wildman–Crippen LogP) is 1.79. The summed E-state index contributed by atoms with van der Waals surface area (Å²) in [5.41, 5.74) is 1.35. The lowest BCUT2D eigenvalue weighted by atomic mass is 10.3. The topological polar surface area (TPSA) is 32.3 Å². The molecule has 5 heteroatoms. The minimum atomic E-state index is 0.0752. The van der Waals surface area contributed by atoms with Crippen molar-refractivity contribution in [2.45, 2.75) is 11.5 Å². The lowest BCUT2D eigenvalue weighted by molar-refractivity contribution is 0.0955. The van der Waals surface area contributed by atoms with E-state index >= 15 is 0 Å². The molecule has 2 rings (SSSR count). The summed E-state index contributed by atoms with van der Waals surface area (Å²) in [7, 11) is 4.01. The SMILES string of the molecule is CN(C)CCNC(=O)c1cc2c(s1)CSC2. The molecule has 0 aliphatic carbocycles. The van der Waals surface area contributed by atoms with Crippen molar-refractivity contribution in [1.29, 1.82) is 0 Å². The number of likely N-dealkylation sites (N-methyl/N-ethyl adjacent to an activating group) is 1. The highest BCUT2D eigenvalue weighted by atomic mass is 32.2. The van der Waals surface area contributed by atoms with E-state index in [1.54, 1.807) is 11.3 Å². The molecule has 0 aromatic carbocycles. The van der Waals surface area contributed by atoms with Gasteiger partial charge in [0.25, 0.3) is 5.91 Å². The molecule has 0 bridgehead atoms. The summed E-state index contributed by atoms with van der Waals surface area (Å²) >= 11 is 3.57. The number of thiophene rings is 1. The zero-order valence-corrected chi connectivity index (χ0v) is 11.2. The Morgan fingerprint density at radius 2 is 2.31 bits per heavy atom. The highest BCUT2D eigenvalue weighted by Gasteiger charge is 2.18. The molecule has 1 amide bonds. The van der Waals surface area contributed by atoms with Gasteiger partial charge in [-0.2, -0.15) is 11.8 Å². The zero-order valence-electron chi connectivity index (χ0n) is 9.58. The van der Waals surface area contributed by atoms with Crippen LogP contribution in [0.15, 0.2) is 6.07 Å². The van der Waals surface area contributed by atoms with E-state index in [4.69, 9.17) is 0 Å². The van der Waals surface area contributed by atoms with Gasteiger partial charge in [0, 0.05) is 29.5 Å². The van der Waals surface area contributed by atoms with Crippen molar-refractivity contribution >= 4 is 29.0 Å². The van der Waals surface area contributed by atoms with Crippen molar-refractivity contribution in [1.82, 2.24) is 10.2 Å². The first-order chi connectivity index (χ1) is 7.66. The van der Waals surface area contributed by atoms with Gasteiger partial charge in [-0.15, -0.1) is 11.3 Å². The summed E-state index contributed by atoms with van der Waals surface area (Å²) in [5, 5.41) is 2.94. The summed E-state index contributed by atoms with van der Waals surface area (Å²) in [6.07, 6.45) is 0. The first-order valence-corrected chi connectivity index (χ1v) is 7.26. The molecule has 1 N–H and O–H groups in total. The molecule has 0 saturated heterocycles. The lowest BCUT2D eigenvalue weighted by Gasteiger charge is -2.09. The van der Waals surface area contributed by atoms with Crippen molar-refractivity contribution in [3.63, 3.8) is 0 Å². The molecule has 3 nitrogen and oxygen atoms in total. The van der Waals surface area contributed by atoms with Crippen LogP contribution < -0.4 is 5.32 Å². The summed E-state index contributed by atoms with van der Waals surface area (Å²) in [6.45, 7) is 1.59. The van der Waals surface area contributed by atoms with E-state index in [2.05, 4.69) is 10.2 Å². The van der Waals surface area contributed by atoms with Gasteiger partial charge in [-0.1, -0.05) is 0 Å². The van der Waals surface area contributed by atoms with E-state index in [1.165, 1.54) is 10.4 Å². The Morgan fingerprint density at radius 3 is 3.00 bits per heavy atom. The number of hydrogen-bond donors (Lipinski definition) is 1. The highest BCUT2D eigenvalue weighted by Crippen LogP contribution is 2.35. The first-order valence-electron chi connectivity index (χ1n) is 5.29. The first kappa shape index (κ1) is 12.0. The van der Waals surface area contributed by atoms with Gasteiger partial charge >= 0.3 is 0 Å². The van der Waals surface area contributed by atoms with Gasteiger partial charge in [-0.05, 0) is 25.7 Å². The van der Waals surface area contributed by atoms with Crippen LogP contribution in [0.4, 0.5) is 0 Å². The highest BCUT2D eigenvalue weighted by molar-refractivity contribution is 7.98. The van der Waals surface area contributed by atoms with Gasteiger partial charge in [0.05, 0.1) is 4.88 Å². The summed E-state index contributed by atoms with van der Waals surface area (Å²) < 4.78 is 0. The monoisotopic (exact) mass is 256 g/mol. The Balaban J connectivity index is 1.89. The van der Waals surface area contributed by atoms with Gasteiger partial charge in [0.1, 0.15) is 0 Å². The summed E-state index contributed by atoms with van der Waals surface area (Å²) in [5.74, 6) is 2.22. The number of fused-ring (bicyclic) bond motifs is 1. The molecule has 88 valence electrons. The van der Waals surface area contributed by atoms with E-state index in [0.717, 1.165) is 22.9 Å². The third kappa shape index (κ3) is 2.78. The van der Waals surface area contributed by atoms with E-state index in [-0.39, 0.29) is 5.91 Å². The second-order valence-corrected chi connectivity index (χ2v) is 6.23. The predicted molar refractivity (Wildman–Crippen MR) is 70.2 cm³/mol. The van der Waals surface area contributed by atoms with E-state index in [9.17, 15) is 4.79 Å². The van der Waals surface area contributed by atoms with Crippen LogP contribution in [0.2, 0.25) is 0 Å². The van der Waals surface area contributed by atoms with Gasteiger partial charge in [-0.3, -0.25) is 4.79 Å². The molecule has 1 aromatic rings. The molecule has 2 heterocycles. The van der Waals surface area contributed by atoms with E-state index in [0.29, 0.717) is 6.54 Å². The smallest absolute Gasteiger partial charge is 0.261 e. The van der Waals surface area contributed by atoms with Crippen molar-refractivity contribution < 1.29 is 4.79 Å². The normalized spacial score (nSPS) is 14.2. The molecule has 1 aromatic heterocycles. The number of thioether (sulfide) groups is 1. The lowest BCUT2D eigenvalue weighted by Crippen LogP contribution is -2.30. The molecule has 0 radical (unpaired) electrons. The Labute approximate surface area is 104 Å². The Bertz CT molecular complexity index is 366. The third-order valence-electron chi connectivity index (χ3n) is 2.46. The van der Waals surface area contributed by atoms with Crippen molar-refractivity contribution in [3.8, 4) is 0 Å². The average molecular weight is 256 g/mol. The van der Waals surface area contributed by atoms with Crippen LogP contribution in [0.1, 0.15) is 20.1 Å². The molecule has 16 heavy (non-hydrogen) atoms. The number of nitrogens with one attached hydrogen (secondary N) is 1. The molecule has 1 aliphatic heterocycles. The fourth-order valence-corrected chi connectivity index (χ4v) is 3.98. The number of hydrogen-bond acceptors (Lipinski definition) is 4. The number of carbonyl (C=O) groups excluding carboxylic acids is 1. The van der Waals surface area contributed by atoms with Crippen molar-refractivity contribution in [2.24, 2.45) is 0 Å². The van der Waals surface area contributed by atoms with Crippen LogP contribution in [0, 0.1) is 0 Å². The number of carbonyl (C=O) groups is 1. The van der Waals surface area contributed by atoms with Gasteiger partial charge in [-0.25, -0.2) is 0 Å². The Morgan fingerprint density at radius 1 is 1.50 bits per heavy atom. The molecule has 0 atom stereocenters. The quantitative estimate of drug-likeness (QED) is 0.891. The second kappa shape index (κ2) is 5.21. The molecular weight excluding hydrogens is 240 g/mol. The van der Waals surface area contributed by atoms with Crippen LogP contribution in [0.3, 0.4) is 0 Å². The fraction of sp³-hybridized carbons (Fsp3) is 0.545. The fourth-order valence-electron chi connectivity index (χ4n) is 1.56. The Kier molecular flexibility index (Phi) is 3.89. The summed E-state index contributed by atoms with van der Waals surface area (Å²) in [4.78, 5) is 16.1. The maximum Gasteiger partial charge on any atom is 0.261 e. The van der Waals surface area contributed by atoms with Gasteiger partial charge < -0.3 is 10.2 Å². The maximum atomic E-state index is 11.8. The second-order valence-electron chi connectivity index (χ2n) is 4.11. The summed E-state index contributed by atoms with van der Waals surface area (Å²) in [6, 6.07) is 2.05.